The van der Waals surface area contributed by atoms with Gasteiger partial charge in [-0.25, -0.2) is 0 Å². The summed E-state index contributed by atoms with van der Waals surface area (Å²) in [5.74, 6) is 1.32. The van der Waals surface area contributed by atoms with Crippen LogP contribution in [0.25, 0.3) is 64.7 Å². The molecule has 0 amide bonds. The Labute approximate surface area is 355 Å². The van der Waals surface area contributed by atoms with Crippen LogP contribution in [0.2, 0.25) is 0 Å². The molecular formula is C55H46N4S. The number of nitrogens with zero attached hydrogens (tertiary/aromatic N) is 2. The maximum atomic E-state index is 4.56. The van der Waals surface area contributed by atoms with Gasteiger partial charge >= 0.3 is 0 Å². The van der Waals surface area contributed by atoms with Gasteiger partial charge in [-0.05, 0) is 93.6 Å². The molecule has 60 heavy (non-hydrogen) atoms. The molecule has 6 aromatic carbocycles. The number of hydrogen-bond donors (Lipinski definition) is 2. The Morgan fingerprint density at radius 1 is 0.683 bits per heavy atom. The second-order valence-electron chi connectivity index (χ2n) is 16.6. The number of aliphatic imine (C=N–C) groups is 1. The van der Waals surface area contributed by atoms with Gasteiger partial charge in [0.05, 0.1) is 17.1 Å². The summed E-state index contributed by atoms with van der Waals surface area (Å²) >= 11 is 1.91. The van der Waals surface area contributed by atoms with Gasteiger partial charge in [0.25, 0.3) is 0 Å². The Morgan fingerprint density at radius 3 is 2.18 bits per heavy atom. The molecule has 4 nitrogen and oxygen atoms in total. The first-order chi connectivity index (χ1) is 29.6. The third-order valence-electron chi connectivity index (χ3n) is 12.7. The number of benzene rings is 6. The summed E-state index contributed by atoms with van der Waals surface area (Å²) < 4.78 is 3.78. The van der Waals surface area contributed by atoms with E-state index in [1.165, 1.54) is 87.0 Å². The molecule has 5 heteroatoms. The molecule has 8 aromatic rings. The van der Waals surface area contributed by atoms with E-state index >= 15 is 0 Å². The quantitative estimate of drug-likeness (QED) is 0.169. The van der Waals surface area contributed by atoms with Gasteiger partial charge in [-0.2, -0.15) is 0 Å². The maximum Gasteiger partial charge on any atom is 0.0707 e. The summed E-state index contributed by atoms with van der Waals surface area (Å²) in [5.41, 5.74) is 14.9. The molecule has 2 N–H and O–H groups in total. The van der Waals surface area contributed by atoms with E-state index in [1.54, 1.807) is 0 Å². The lowest BCUT2D eigenvalue weighted by Crippen LogP contribution is -2.27. The van der Waals surface area contributed by atoms with E-state index in [-0.39, 0.29) is 6.04 Å². The van der Waals surface area contributed by atoms with Crippen LogP contribution in [0.4, 0.5) is 0 Å². The van der Waals surface area contributed by atoms with Crippen LogP contribution in [-0.2, 0) is 0 Å². The molecule has 0 spiro atoms. The predicted molar refractivity (Wildman–Crippen MR) is 255 cm³/mol. The Morgan fingerprint density at radius 2 is 1.42 bits per heavy atom. The zero-order valence-corrected chi connectivity index (χ0v) is 34.7. The van der Waals surface area contributed by atoms with Gasteiger partial charge in [0.1, 0.15) is 0 Å². The third-order valence-corrected chi connectivity index (χ3v) is 14.0. The van der Waals surface area contributed by atoms with Crippen molar-refractivity contribution >= 4 is 55.0 Å². The lowest BCUT2D eigenvalue weighted by atomic mass is 9.84. The smallest absolute Gasteiger partial charge is 0.0707 e. The lowest BCUT2D eigenvalue weighted by molar-refractivity contribution is 0.482. The molecule has 3 aliphatic heterocycles. The molecule has 5 heterocycles. The highest BCUT2D eigenvalue weighted by atomic mass is 32.1. The molecule has 11 rings (SSSR count). The lowest BCUT2D eigenvalue weighted by Gasteiger charge is -2.29. The van der Waals surface area contributed by atoms with Gasteiger partial charge in [0.2, 0.25) is 0 Å². The van der Waals surface area contributed by atoms with Crippen molar-refractivity contribution in [2.75, 3.05) is 13.1 Å². The van der Waals surface area contributed by atoms with Gasteiger partial charge in [-0.1, -0.05) is 141 Å². The maximum absolute atomic E-state index is 4.56. The minimum Gasteiger partial charge on any atom is -0.391 e. The van der Waals surface area contributed by atoms with E-state index < -0.39 is 0 Å². The molecule has 0 saturated carbocycles. The average molecular weight is 795 g/mol. The molecule has 4 atom stereocenters. The fourth-order valence-corrected chi connectivity index (χ4v) is 11.0. The second-order valence-corrected chi connectivity index (χ2v) is 17.6. The van der Waals surface area contributed by atoms with E-state index in [9.17, 15) is 0 Å². The summed E-state index contributed by atoms with van der Waals surface area (Å²) in [6.07, 6.45) is 13.3. The zero-order chi connectivity index (χ0) is 40.2. The minimum atomic E-state index is 0.00442. The topological polar surface area (TPSA) is 41.4 Å². The molecule has 2 aromatic heterocycles. The highest BCUT2D eigenvalue weighted by Gasteiger charge is 2.25. The monoisotopic (exact) mass is 794 g/mol. The van der Waals surface area contributed by atoms with Crippen molar-refractivity contribution in [1.82, 2.24) is 15.2 Å². The van der Waals surface area contributed by atoms with Crippen molar-refractivity contribution in [2.45, 2.75) is 25.8 Å². The molecule has 0 fully saturated rings. The van der Waals surface area contributed by atoms with E-state index in [2.05, 4.69) is 210 Å². The van der Waals surface area contributed by atoms with Crippen molar-refractivity contribution in [3.63, 3.8) is 0 Å². The highest BCUT2D eigenvalue weighted by Crippen LogP contribution is 2.49. The molecule has 4 unspecified atom stereocenters. The van der Waals surface area contributed by atoms with Gasteiger partial charge in [0, 0.05) is 73.8 Å². The van der Waals surface area contributed by atoms with Crippen LogP contribution in [0, 0.1) is 11.8 Å². The standard InChI is InChI=1S/C55H46N4S/c1-35-33-56-29-27-44(35)38-19-17-37(18-20-38)42-31-48(58-49(32-42)45-28-30-57-34-36(45)2)39-21-23-43(24-22-39)59-50-16-10-9-15-46(50)53-51(59)26-25-47-52(40-11-5-3-6-12-40)54(60-55(47)53)41-13-7-4-8-14-41/h3-32,35-36,44,48,56,58H,33-34H2,1-2H3. The Balaban J connectivity index is 1.00. The fraction of sp³-hybridized carbons (Fsp3) is 0.145. The predicted octanol–water partition coefficient (Wildman–Crippen LogP) is 13.4. The first-order valence-corrected chi connectivity index (χ1v) is 22.0. The van der Waals surface area contributed by atoms with Crippen LogP contribution in [0.1, 0.15) is 42.5 Å². The Kier molecular flexibility index (Phi) is 9.20. The van der Waals surface area contributed by atoms with Gasteiger partial charge in [-0.15, -0.1) is 11.3 Å². The van der Waals surface area contributed by atoms with Gasteiger partial charge < -0.3 is 15.2 Å². The van der Waals surface area contributed by atoms with Gasteiger partial charge in [0.15, 0.2) is 0 Å². The summed E-state index contributed by atoms with van der Waals surface area (Å²) in [6.45, 7) is 6.40. The summed E-state index contributed by atoms with van der Waals surface area (Å²) in [7, 11) is 0. The average Bonchev–Trinajstić information content (AvgIpc) is 3.86. The fourth-order valence-electron chi connectivity index (χ4n) is 9.61. The van der Waals surface area contributed by atoms with Crippen LogP contribution >= 0.6 is 11.3 Å². The molecule has 0 saturated heterocycles. The van der Waals surface area contributed by atoms with Crippen LogP contribution < -0.4 is 10.6 Å². The van der Waals surface area contributed by atoms with E-state index in [0.29, 0.717) is 17.8 Å². The minimum absolute atomic E-state index is 0.00442. The number of hydrogen-bond acceptors (Lipinski definition) is 4. The van der Waals surface area contributed by atoms with Crippen molar-refractivity contribution in [1.29, 1.82) is 0 Å². The van der Waals surface area contributed by atoms with Crippen molar-refractivity contribution in [3.05, 3.63) is 204 Å². The Bertz CT molecular complexity index is 3050. The van der Waals surface area contributed by atoms with Crippen LogP contribution in [0.3, 0.4) is 0 Å². The number of aromatic nitrogens is 1. The number of rotatable bonds is 7. The molecule has 0 bridgehead atoms. The van der Waals surface area contributed by atoms with Crippen LogP contribution in [0.5, 0.6) is 0 Å². The van der Waals surface area contributed by atoms with Crippen LogP contribution in [0.15, 0.2) is 192 Å². The molecule has 0 radical (unpaired) electrons. The van der Waals surface area contributed by atoms with E-state index in [0.717, 1.165) is 18.8 Å². The van der Waals surface area contributed by atoms with E-state index in [1.807, 2.05) is 17.6 Å². The number of allylic oxidation sites excluding steroid dienone is 5. The largest absolute Gasteiger partial charge is 0.391 e. The first kappa shape index (κ1) is 36.4. The van der Waals surface area contributed by atoms with Crippen LogP contribution in [-0.4, -0.2) is 23.9 Å². The van der Waals surface area contributed by atoms with Crippen molar-refractivity contribution in [2.24, 2.45) is 16.8 Å². The SMILES string of the molecule is CC1CN=CC=C1C1=CC(c2ccc(C3C=CNCC3C)cc2)=CC(c2ccc(-n3c4ccccc4c4c5sc(-c6ccccc6)c(-c6ccccc6)c5ccc43)cc2)N1. The molecular weight excluding hydrogens is 749 g/mol. The number of thiophene rings is 1. The third kappa shape index (κ3) is 6.32. The van der Waals surface area contributed by atoms with E-state index in [4.69, 9.17) is 0 Å². The zero-order valence-electron chi connectivity index (χ0n) is 33.8. The summed E-state index contributed by atoms with van der Waals surface area (Å²) in [5, 5.41) is 11.2. The van der Waals surface area contributed by atoms with Gasteiger partial charge in [-0.3, -0.25) is 4.99 Å². The Hall–Kier alpha value is -6.69. The van der Waals surface area contributed by atoms with Crippen molar-refractivity contribution in [3.8, 4) is 27.3 Å². The molecule has 3 aliphatic rings. The summed E-state index contributed by atoms with van der Waals surface area (Å²) in [6, 6.07) is 53.8. The number of fused-ring (bicyclic) bond motifs is 5. The first-order valence-electron chi connectivity index (χ1n) is 21.2. The second kappa shape index (κ2) is 15.2. The normalized spacial score (nSPS) is 20.1. The summed E-state index contributed by atoms with van der Waals surface area (Å²) in [4.78, 5) is 5.87. The molecule has 0 aliphatic carbocycles. The number of dihydropyridines is 2. The van der Waals surface area contributed by atoms with Crippen molar-refractivity contribution < 1.29 is 0 Å². The highest BCUT2D eigenvalue weighted by molar-refractivity contribution is 7.24. The number of para-hydroxylation sites is 1. The number of nitrogens with one attached hydrogen (secondary N) is 2. The molecule has 292 valence electrons.